The summed E-state index contributed by atoms with van der Waals surface area (Å²) < 4.78 is 11.2. The van der Waals surface area contributed by atoms with Gasteiger partial charge >= 0.3 is 0 Å². The number of nitrogens with zero attached hydrogens (tertiary/aromatic N) is 3. The Bertz CT molecular complexity index is 1140. The number of ether oxygens (including phenoxy) is 2. The summed E-state index contributed by atoms with van der Waals surface area (Å²) in [6.07, 6.45) is 5.98. The molecule has 1 amide bonds. The average molecular weight is 464 g/mol. The van der Waals surface area contributed by atoms with E-state index in [1.165, 1.54) is 0 Å². The normalized spacial score (nSPS) is 15.6. The second-order valence-corrected chi connectivity index (χ2v) is 8.18. The summed E-state index contributed by atoms with van der Waals surface area (Å²) in [5, 5.41) is 0.505. The van der Waals surface area contributed by atoms with Crippen LogP contribution in [-0.2, 0) is 4.74 Å². The first-order valence-electron chi connectivity index (χ1n) is 10.8. The number of hydrogen-bond acceptors (Lipinski definition) is 5. The predicted molar refractivity (Wildman–Crippen MR) is 132 cm³/mol. The highest BCUT2D eigenvalue weighted by molar-refractivity contribution is 6.31. The number of rotatable bonds is 7. The molecule has 2 heterocycles. The zero-order valence-corrected chi connectivity index (χ0v) is 19.4. The summed E-state index contributed by atoms with van der Waals surface area (Å²) in [6, 6.07) is 18.9. The third-order valence-electron chi connectivity index (χ3n) is 5.60. The van der Waals surface area contributed by atoms with E-state index in [1.54, 1.807) is 43.6 Å². The molecular weight excluding hydrogens is 438 g/mol. The highest BCUT2D eigenvalue weighted by Crippen LogP contribution is 2.30. The molecule has 33 heavy (non-hydrogen) atoms. The van der Waals surface area contributed by atoms with Gasteiger partial charge in [-0.2, -0.15) is 0 Å². The third-order valence-corrected chi connectivity index (χ3v) is 5.88. The fourth-order valence-corrected chi connectivity index (χ4v) is 4.04. The van der Waals surface area contributed by atoms with Gasteiger partial charge in [0, 0.05) is 48.7 Å². The van der Waals surface area contributed by atoms with Crippen molar-refractivity contribution in [3.63, 3.8) is 0 Å². The molecule has 0 bridgehead atoms. The van der Waals surface area contributed by atoms with Crippen LogP contribution in [0.25, 0.3) is 6.08 Å². The fourth-order valence-electron chi connectivity index (χ4n) is 3.87. The number of benzene rings is 2. The van der Waals surface area contributed by atoms with E-state index in [2.05, 4.69) is 9.88 Å². The molecule has 1 aliphatic rings. The molecule has 1 fully saturated rings. The Morgan fingerprint density at radius 2 is 2.00 bits per heavy atom. The maximum atomic E-state index is 13.1. The van der Waals surface area contributed by atoms with E-state index in [9.17, 15) is 4.79 Å². The van der Waals surface area contributed by atoms with Crippen LogP contribution in [0.15, 0.2) is 73.1 Å². The minimum atomic E-state index is -0.0766. The van der Waals surface area contributed by atoms with Gasteiger partial charge in [-0.05, 0) is 48.5 Å². The molecule has 4 rings (SSSR count). The van der Waals surface area contributed by atoms with Crippen LogP contribution in [0.3, 0.4) is 0 Å². The summed E-state index contributed by atoms with van der Waals surface area (Å²) in [4.78, 5) is 21.2. The number of anilines is 2. The van der Waals surface area contributed by atoms with Crippen molar-refractivity contribution >= 4 is 35.0 Å². The Balaban J connectivity index is 1.54. The summed E-state index contributed by atoms with van der Waals surface area (Å²) in [5.41, 5.74) is 3.36. The summed E-state index contributed by atoms with van der Waals surface area (Å²) >= 11 is 6.20. The van der Waals surface area contributed by atoms with Gasteiger partial charge in [0.05, 0.1) is 19.9 Å². The lowest BCUT2D eigenvalue weighted by Gasteiger charge is -2.23. The SMILES string of the molecule is COC=Cc1cc(C(=O)N(C)c2ccccc2)ccc1N1CCC(Oc2ncccc2Cl)C1. The molecule has 0 N–H and O–H groups in total. The van der Waals surface area contributed by atoms with Crippen LogP contribution >= 0.6 is 11.6 Å². The van der Waals surface area contributed by atoms with Crippen LogP contribution in [0.1, 0.15) is 22.3 Å². The first-order valence-corrected chi connectivity index (χ1v) is 11.1. The Morgan fingerprint density at radius 1 is 1.18 bits per heavy atom. The smallest absolute Gasteiger partial charge is 0.258 e. The number of hydrogen-bond donors (Lipinski definition) is 0. The Morgan fingerprint density at radius 3 is 2.76 bits per heavy atom. The second kappa shape index (κ2) is 10.4. The van der Waals surface area contributed by atoms with Gasteiger partial charge in [-0.3, -0.25) is 4.79 Å². The third kappa shape index (κ3) is 5.29. The number of pyridine rings is 1. The quantitative estimate of drug-likeness (QED) is 0.446. The van der Waals surface area contributed by atoms with E-state index < -0.39 is 0 Å². The molecule has 7 heteroatoms. The molecule has 1 aliphatic heterocycles. The van der Waals surface area contributed by atoms with E-state index in [0.717, 1.165) is 29.9 Å². The van der Waals surface area contributed by atoms with Crippen molar-refractivity contribution in [3.05, 3.63) is 89.3 Å². The number of halogens is 1. The largest absolute Gasteiger partial charge is 0.504 e. The lowest BCUT2D eigenvalue weighted by molar-refractivity contribution is 0.0993. The minimum absolute atomic E-state index is 0.0258. The number of amides is 1. The molecule has 1 aromatic heterocycles. The monoisotopic (exact) mass is 463 g/mol. The maximum absolute atomic E-state index is 13.1. The number of aromatic nitrogens is 1. The second-order valence-electron chi connectivity index (χ2n) is 7.78. The van der Waals surface area contributed by atoms with E-state index >= 15 is 0 Å². The van der Waals surface area contributed by atoms with Crippen LogP contribution < -0.4 is 14.5 Å². The van der Waals surface area contributed by atoms with Crippen molar-refractivity contribution in [1.82, 2.24) is 4.98 Å². The van der Waals surface area contributed by atoms with Gasteiger partial charge < -0.3 is 19.3 Å². The number of carbonyl (C=O) groups excluding carboxylic acids is 1. The molecule has 6 nitrogen and oxygen atoms in total. The number of carbonyl (C=O) groups is 1. The molecule has 2 aromatic carbocycles. The summed E-state index contributed by atoms with van der Waals surface area (Å²) in [6.45, 7) is 1.51. The topological polar surface area (TPSA) is 54.9 Å². The lowest BCUT2D eigenvalue weighted by atomic mass is 10.1. The molecule has 170 valence electrons. The molecule has 0 radical (unpaired) electrons. The van der Waals surface area contributed by atoms with Crippen molar-refractivity contribution < 1.29 is 14.3 Å². The Hall–Kier alpha value is -3.51. The molecule has 0 spiro atoms. The lowest BCUT2D eigenvalue weighted by Crippen LogP contribution is -2.27. The van der Waals surface area contributed by atoms with Crippen molar-refractivity contribution in [1.29, 1.82) is 0 Å². The summed E-state index contributed by atoms with van der Waals surface area (Å²) in [7, 11) is 3.38. The maximum Gasteiger partial charge on any atom is 0.258 e. The van der Waals surface area contributed by atoms with Crippen LogP contribution in [0.2, 0.25) is 5.02 Å². The fraction of sp³-hybridized carbons (Fsp3) is 0.231. The van der Waals surface area contributed by atoms with E-state index in [1.807, 2.05) is 54.6 Å². The van der Waals surface area contributed by atoms with Crippen LogP contribution in [0, 0.1) is 0 Å². The van der Waals surface area contributed by atoms with Crippen LogP contribution in [0.5, 0.6) is 5.88 Å². The Labute approximate surface area is 199 Å². The molecule has 3 aromatic rings. The molecule has 1 atom stereocenters. The van der Waals surface area contributed by atoms with Crippen molar-refractivity contribution in [3.8, 4) is 5.88 Å². The van der Waals surface area contributed by atoms with E-state index in [0.29, 0.717) is 23.0 Å². The van der Waals surface area contributed by atoms with Gasteiger partial charge in [0.25, 0.3) is 5.91 Å². The molecule has 0 saturated carbocycles. The standard InChI is InChI=1S/C26H26ClN3O3/c1-29(21-7-4-3-5-8-21)26(31)20-10-11-24(19(17-20)13-16-32-2)30-15-12-22(18-30)33-25-23(27)9-6-14-28-25/h3-11,13-14,16-17,22H,12,15,18H2,1-2H3. The van der Waals surface area contributed by atoms with Crippen LogP contribution in [-0.4, -0.2) is 44.2 Å². The highest BCUT2D eigenvalue weighted by Gasteiger charge is 2.27. The van der Waals surface area contributed by atoms with Gasteiger partial charge in [0.15, 0.2) is 0 Å². The van der Waals surface area contributed by atoms with E-state index in [-0.39, 0.29) is 12.0 Å². The van der Waals surface area contributed by atoms with Crippen molar-refractivity contribution in [2.24, 2.45) is 0 Å². The van der Waals surface area contributed by atoms with Crippen molar-refractivity contribution in [2.75, 3.05) is 37.0 Å². The molecular formula is C26H26ClN3O3. The molecule has 1 saturated heterocycles. The average Bonchev–Trinajstić information content (AvgIpc) is 3.32. The first kappa shape index (κ1) is 22.7. The summed E-state index contributed by atoms with van der Waals surface area (Å²) in [5.74, 6) is 0.377. The van der Waals surface area contributed by atoms with E-state index in [4.69, 9.17) is 21.1 Å². The number of methoxy groups -OCH3 is 1. The van der Waals surface area contributed by atoms with Gasteiger partial charge in [0.1, 0.15) is 11.1 Å². The van der Waals surface area contributed by atoms with Crippen LogP contribution in [0.4, 0.5) is 11.4 Å². The Kier molecular flexibility index (Phi) is 7.15. The molecule has 1 unspecified atom stereocenters. The zero-order chi connectivity index (χ0) is 23.2. The van der Waals surface area contributed by atoms with Gasteiger partial charge in [0.2, 0.25) is 5.88 Å². The first-order chi connectivity index (χ1) is 16.1. The zero-order valence-electron chi connectivity index (χ0n) is 18.6. The number of para-hydroxylation sites is 1. The van der Waals surface area contributed by atoms with Gasteiger partial charge in [-0.1, -0.05) is 29.8 Å². The predicted octanol–water partition coefficient (Wildman–Crippen LogP) is 5.29. The van der Waals surface area contributed by atoms with Gasteiger partial charge in [-0.25, -0.2) is 4.98 Å². The molecule has 0 aliphatic carbocycles. The van der Waals surface area contributed by atoms with Crippen molar-refractivity contribution in [2.45, 2.75) is 12.5 Å². The minimum Gasteiger partial charge on any atom is -0.504 e. The highest BCUT2D eigenvalue weighted by atomic mass is 35.5. The van der Waals surface area contributed by atoms with Gasteiger partial charge in [-0.15, -0.1) is 0 Å².